The van der Waals surface area contributed by atoms with Crippen molar-refractivity contribution in [2.75, 3.05) is 18.3 Å². The van der Waals surface area contributed by atoms with E-state index < -0.39 is 0 Å². The van der Waals surface area contributed by atoms with Gasteiger partial charge in [-0.2, -0.15) is 0 Å². The first-order valence-electron chi connectivity index (χ1n) is 4.74. The van der Waals surface area contributed by atoms with Gasteiger partial charge in [0.2, 0.25) is 5.91 Å². The van der Waals surface area contributed by atoms with Gasteiger partial charge >= 0.3 is 0 Å². The molecule has 0 fully saturated rings. The minimum absolute atomic E-state index is 0.0342. The summed E-state index contributed by atoms with van der Waals surface area (Å²) in [6.45, 7) is 2.03. The Morgan fingerprint density at radius 3 is 2.80 bits per heavy atom. The zero-order valence-corrected chi connectivity index (χ0v) is 9.60. The van der Waals surface area contributed by atoms with Crippen LogP contribution in [0.15, 0.2) is 18.2 Å². The zero-order chi connectivity index (χ0) is 11.3. The van der Waals surface area contributed by atoms with Gasteiger partial charge in [0.25, 0.3) is 0 Å². The van der Waals surface area contributed by atoms with Gasteiger partial charge in [-0.05, 0) is 30.2 Å². The van der Waals surface area contributed by atoms with Crippen molar-refractivity contribution >= 4 is 23.2 Å². The van der Waals surface area contributed by atoms with Gasteiger partial charge < -0.3 is 10.1 Å². The van der Waals surface area contributed by atoms with E-state index in [9.17, 15) is 4.79 Å². The fourth-order valence-corrected chi connectivity index (χ4v) is 1.39. The van der Waals surface area contributed by atoms with Gasteiger partial charge in [-0.15, -0.1) is 11.6 Å². The number of ether oxygens (including phenoxy) is 1. The molecule has 1 aromatic rings. The van der Waals surface area contributed by atoms with Gasteiger partial charge in [0.05, 0.1) is 7.11 Å². The molecule has 0 saturated carbocycles. The second-order valence-corrected chi connectivity index (χ2v) is 3.33. The molecule has 0 aliphatic rings. The molecule has 1 aromatic carbocycles. The molecule has 0 heterocycles. The summed E-state index contributed by atoms with van der Waals surface area (Å²) in [5, 5.41) is 2.69. The van der Waals surface area contributed by atoms with Crippen molar-refractivity contribution in [1.29, 1.82) is 0 Å². The molecule has 1 rings (SSSR count). The minimum Gasteiger partial charge on any atom is -0.496 e. The molecule has 0 aliphatic heterocycles. The number of aryl methyl sites for hydroxylation is 1. The standard InChI is InChI=1S/C11H14ClNO2/c1-3-8-6-9(13-11(14)7-12)4-5-10(8)15-2/h4-6H,3,7H2,1-2H3,(H,13,14). The van der Waals surface area contributed by atoms with Crippen molar-refractivity contribution in [2.24, 2.45) is 0 Å². The average Bonchev–Trinajstić information content (AvgIpc) is 2.28. The lowest BCUT2D eigenvalue weighted by molar-refractivity contribution is -0.113. The van der Waals surface area contributed by atoms with Crippen molar-refractivity contribution in [2.45, 2.75) is 13.3 Å². The number of methoxy groups -OCH3 is 1. The van der Waals surface area contributed by atoms with E-state index >= 15 is 0 Å². The van der Waals surface area contributed by atoms with Crippen molar-refractivity contribution < 1.29 is 9.53 Å². The highest BCUT2D eigenvalue weighted by Crippen LogP contribution is 2.22. The Bertz CT molecular complexity index is 352. The molecule has 0 radical (unpaired) electrons. The van der Waals surface area contributed by atoms with Crippen LogP contribution in [0.5, 0.6) is 5.75 Å². The molecule has 3 nitrogen and oxygen atoms in total. The molecular formula is C11H14ClNO2. The highest BCUT2D eigenvalue weighted by Gasteiger charge is 2.04. The van der Waals surface area contributed by atoms with Crippen LogP contribution < -0.4 is 10.1 Å². The van der Waals surface area contributed by atoms with Crippen LogP contribution in [-0.2, 0) is 11.2 Å². The Morgan fingerprint density at radius 1 is 1.53 bits per heavy atom. The third-order valence-corrected chi connectivity index (χ3v) is 2.31. The number of alkyl halides is 1. The summed E-state index contributed by atoms with van der Waals surface area (Å²) < 4.78 is 5.18. The fourth-order valence-electron chi connectivity index (χ4n) is 1.33. The number of nitrogens with one attached hydrogen (secondary N) is 1. The zero-order valence-electron chi connectivity index (χ0n) is 8.84. The summed E-state index contributed by atoms with van der Waals surface area (Å²) in [7, 11) is 1.63. The largest absolute Gasteiger partial charge is 0.496 e. The van der Waals surface area contributed by atoms with Gasteiger partial charge in [-0.3, -0.25) is 4.79 Å². The van der Waals surface area contributed by atoms with E-state index in [1.54, 1.807) is 13.2 Å². The lowest BCUT2D eigenvalue weighted by Gasteiger charge is -2.09. The van der Waals surface area contributed by atoms with Crippen LogP contribution in [-0.4, -0.2) is 18.9 Å². The van der Waals surface area contributed by atoms with Crippen LogP contribution in [0.1, 0.15) is 12.5 Å². The Hall–Kier alpha value is -1.22. The van der Waals surface area contributed by atoms with Crippen LogP contribution in [0.4, 0.5) is 5.69 Å². The summed E-state index contributed by atoms with van der Waals surface area (Å²) in [5.41, 5.74) is 1.81. The van der Waals surface area contributed by atoms with Gasteiger partial charge in [0.15, 0.2) is 0 Å². The molecule has 0 aliphatic carbocycles. The molecule has 4 heteroatoms. The number of anilines is 1. The smallest absolute Gasteiger partial charge is 0.239 e. The Kier molecular flexibility index (Phi) is 4.43. The number of halogens is 1. The summed E-state index contributed by atoms with van der Waals surface area (Å²) in [4.78, 5) is 11.1. The van der Waals surface area contributed by atoms with Crippen LogP contribution in [0.25, 0.3) is 0 Å². The molecule has 0 unspecified atom stereocenters. The third kappa shape index (κ3) is 3.13. The van der Waals surface area contributed by atoms with Gasteiger partial charge in [-0.1, -0.05) is 6.92 Å². The molecule has 0 saturated heterocycles. The lowest BCUT2D eigenvalue weighted by atomic mass is 10.1. The molecule has 0 atom stereocenters. The van der Waals surface area contributed by atoms with Crippen LogP contribution in [0.3, 0.4) is 0 Å². The maximum Gasteiger partial charge on any atom is 0.239 e. The minimum atomic E-state index is -0.205. The van der Waals surface area contributed by atoms with Crippen LogP contribution in [0.2, 0.25) is 0 Å². The van der Waals surface area contributed by atoms with Gasteiger partial charge in [-0.25, -0.2) is 0 Å². The second kappa shape index (κ2) is 5.61. The van der Waals surface area contributed by atoms with Crippen molar-refractivity contribution in [3.05, 3.63) is 23.8 Å². The molecule has 15 heavy (non-hydrogen) atoms. The first kappa shape index (κ1) is 11.9. The summed E-state index contributed by atoms with van der Waals surface area (Å²) in [5.74, 6) is 0.596. The molecule has 1 amide bonds. The second-order valence-electron chi connectivity index (χ2n) is 3.06. The number of benzene rings is 1. The van der Waals surface area contributed by atoms with E-state index in [1.807, 2.05) is 19.1 Å². The summed E-state index contributed by atoms with van der Waals surface area (Å²) >= 11 is 5.40. The SMILES string of the molecule is CCc1cc(NC(=O)CCl)ccc1OC. The first-order chi connectivity index (χ1) is 7.21. The maximum atomic E-state index is 11.1. The number of carbonyl (C=O) groups excluding carboxylic acids is 1. The number of carbonyl (C=O) groups is 1. The van der Waals surface area contributed by atoms with Crippen molar-refractivity contribution in [3.8, 4) is 5.75 Å². The molecule has 0 spiro atoms. The Morgan fingerprint density at radius 2 is 2.27 bits per heavy atom. The average molecular weight is 228 g/mol. The fraction of sp³-hybridized carbons (Fsp3) is 0.364. The van der Waals surface area contributed by atoms with Gasteiger partial charge in [0.1, 0.15) is 11.6 Å². The monoisotopic (exact) mass is 227 g/mol. The quantitative estimate of drug-likeness (QED) is 0.803. The number of hydrogen-bond acceptors (Lipinski definition) is 2. The van der Waals surface area contributed by atoms with E-state index in [0.29, 0.717) is 0 Å². The molecule has 82 valence electrons. The van der Waals surface area contributed by atoms with E-state index in [0.717, 1.165) is 23.4 Å². The topological polar surface area (TPSA) is 38.3 Å². The molecular weight excluding hydrogens is 214 g/mol. The number of hydrogen-bond donors (Lipinski definition) is 1. The third-order valence-electron chi connectivity index (χ3n) is 2.07. The molecule has 1 N–H and O–H groups in total. The highest BCUT2D eigenvalue weighted by atomic mass is 35.5. The summed E-state index contributed by atoms with van der Waals surface area (Å²) in [6.07, 6.45) is 0.855. The van der Waals surface area contributed by atoms with Crippen LogP contribution in [0, 0.1) is 0 Å². The number of amides is 1. The Labute approximate surface area is 94.4 Å². The van der Waals surface area contributed by atoms with E-state index in [1.165, 1.54) is 0 Å². The molecule has 0 bridgehead atoms. The first-order valence-corrected chi connectivity index (χ1v) is 5.27. The molecule has 0 aromatic heterocycles. The predicted molar refractivity (Wildman–Crippen MR) is 61.7 cm³/mol. The van der Waals surface area contributed by atoms with E-state index in [2.05, 4.69) is 5.32 Å². The van der Waals surface area contributed by atoms with E-state index in [4.69, 9.17) is 16.3 Å². The van der Waals surface area contributed by atoms with E-state index in [-0.39, 0.29) is 11.8 Å². The number of rotatable bonds is 4. The normalized spacial score (nSPS) is 9.80. The van der Waals surface area contributed by atoms with Crippen LogP contribution >= 0.6 is 11.6 Å². The van der Waals surface area contributed by atoms with Crippen molar-refractivity contribution in [1.82, 2.24) is 0 Å². The maximum absolute atomic E-state index is 11.1. The lowest BCUT2D eigenvalue weighted by Crippen LogP contribution is -2.12. The summed E-state index contributed by atoms with van der Waals surface area (Å²) in [6, 6.07) is 5.52. The van der Waals surface area contributed by atoms with Crippen molar-refractivity contribution in [3.63, 3.8) is 0 Å². The van der Waals surface area contributed by atoms with Gasteiger partial charge in [0, 0.05) is 5.69 Å². The Balaban J connectivity index is 2.88. The highest BCUT2D eigenvalue weighted by molar-refractivity contribution is 6.29. The predicted octanol–water partition coefficient (Wildman–Crippen LogP) is 2.43.